The summed E-state index contributed by atoms with van der Waals surface area (Å²) in [5, 5.41) is 2.87. The first-order chi connectivity index (χ1) is 17.1. The van der Waals surface area contributed by atoms with Gasteiger partial charge >= 0.3 is 0 Å². The van der Waals surface area contributed by atoms with Crippen LogP contribution in [0.5, 0.6) is 11.5 Å². The Morgan fingerprint density at radius 1 is 1.03 bits per heavy atom. The van der Waals surface area contributed by atoms with Crippen molar-refractivity contribution in [3.8, 4) is 11.5 Å². The molecule has 0 fully saturated rings. The number of anilines is 1. The van der Waals surface area contributed by atoms with Crippen molar-refractivity contribution in [2.24, 2.45) is 0 Å². The molecule has 2 aromatic rings. The SMILES string of the molecule is CCCNC(=O)[C@H](CC)N(Cc1ccc(C)cc1)C(=O)CN(c1ccc2c(c1)OCCO2)S(C)(=O)=O. The molecule has 0 aromatic heterocycles. The van der Waals surface area contributed by atoms with E-state index in [1.54, 1.807) is 18.2 Å². The van der Waals surface area contributed by atoms with E-state index in [1.165, 1.54) is 4.90 Å². The van der Waals surface area contributed by atoms with Gasteiger partial charge in [0.25, 0.3) is 0 Å². The Kier molecular flexibility index (Phi) is 9.19. The molecule has 3 rings (SSSR count). The minimum Gasteiger partial charge on any atom is -0.486 e. The molecule has 10 heteroatoms. The zero-order chi connectivity index (χ0) is 26.3. The predicted molar refractivity (Wildman–Crippen MR) is 139 cm³/mol. The van der Waals surface area contributed by atoms with Crippen LogP contribution in [-0.2, 0) is 26.2 Å². The first-order valence-corrected chi connectivity index (χ1v) is 14.0. The number of ether oxygens (including phenoxy) is 2. The van der Waals surface area contributed by atoms with Gasteiger partial charge in [0.1, 0.15) is 25.8 Å². The van der Waals surface area contributed by atoms with Crippen LogP contribution in [0.3, 0.4) is 0 Å². The number of carbonyl (C=O) groups is 2. The predicted octanol–water partition coefficient (Wildman–Crippen LogP) is 2.87. The van der Waals surface area contributed by atoms with Gasteiger partial charge in [0.05, 0.1) is 11.9 Å². The first-order valence-electron chi connectivity index (χ1n) is 12.1. The third kappa shape index (κ3) is 6.90. The van der Waals surface area contributed by atoms with Crippen LogP contribution >= 0.6 is 0 Å². The van der Waals surface area contributed by atoms with E-state index in [-0.39, 0.29) is 18.1 Å². The van der Waals surface area contributed by atoms with Crippen LogP contribution in [0.4, 0.5) is 5.69 Å². The van der Waals surface area contributed by atoms with Gasteiger partial charge in [0.15, 0.2) is 11.5 Å². The van der Waals surface area contributed by atoms with Crippen molar-refractivity contribution in [1.82, 2.24) is 10.2 Å². The van der Waals surface area contributed by atoms with E-state index in [1.807, 2.05) is 45.0 Å². The molecule has 0 unspecified atom stereocenters. The Morgan fingerprint density at radius 3 is 2.31 bits per heavy atom. The van der Waals surface area contributed by atoms with Crippen molar-refractivity contribution in [3.63, 3.8) is 0 Å². The molecular formula is C26H35N3O6S. The largest absolute Gasteiger partial charge is 0.486 e. The van der Waals surface area contributed by atoms with Crippen molar-refractivity contribution >= 4 is 27.5 Å². The molecule has 196 valence electrons. The standard InChI is InChI=1S/C26H35N3O6S/c1-5-13-27-26(31)22(6-2)28(17-20-9-7-19(3)8-10-20)25(30)18-29(36(4,32)33)21-11-12-23-24(16-21)35-15-14-34-23/h7-12,16,22H,5-6,13-15,17-18H2,1-4H3,(H,27,31)/t22-/m0/s1. The van der Waals surface area contributed by atoms with Crippen LogP contribution in [0.2, 0.25) is 0 Å². The summed E-state index contributed by atoms with van der Waals surface area (Å²) in [6.45, 7) is 6.73. The van der Waals surface area contributed by atoms with Gasteiger partial charge < -0.3 is 19.7 Å². The van der Waals surface area contributed by atoms with Crippen LogP contribution in [-0.4, -0.2) is 63.7 Å². The summed E-state index contributed by atoms with van der Waals surface area (Å²) >= 11 is 0. The Hall–Kier alpha value is -3.27. The van der Waals surface area contributed by atoms with Gasteiger partial charge in [0, 0.05) is 19.2 Å². The number of benzene rings is 2. The molecule has 0 spiro atoms. The number of amides is 2. The van der Waals surface area contributed by atoms with Gasteiger partial charge in [-0.25, -0.2) is 8.42 Å². The smallest absolute Gasteiger partial charge is 0.244 e. The number of hydrogen-bond donors (Lipinski definition) is 1. The Labute approximate surface area is 213 Å². The van der Waals surface area contributed by atoms with Crippen molar-refractivity contribution < 1.29 is 27.5 Å². The molecule has 0 saturated carbocycles. The molecule has 0 bridgehead atoms. The third-order valence-electron chi connectivity index (χ3n) is 5.90. The minimum absolute atomic E-state index is 0.176. The Morgan fingerprint density at radius 2 is 1.69 bits per heavy atom. The summed E-state index contributed by atoms with van der Waals surface area (Å²) in [5.74, 6) is 0.200. The maximum Gasteiger partial charge on any atom is 0.244 e. The average molecular weight is 518 g/mol. The van der Waals surface area contributed by atoms with Gasteiger partial charge in [-0.1, -0.05) is 43.7 Å². The van der Waals surface area contributed by atoms with E-state index in [0.717, 1.165) is 28.1 Å². The van der Waals surface area contributed by atoms with Crippen LogP contribution in [0.25, 0.3) is 0 Å². The molecule has 1 N–H and O–H groups in total. The van der Waals surface area contributed by atoms with Gasteiger partial charge in [-0.2, -0.15) is 0 Å². The fraction of sp³-hybridized carbons (Fsp3) is 0.462. The third-order valence-corrected chi connectivity index (χ3v) is 7.04. The van der Waals surface area contributed by atoms with E-state index in [2.05, 4.69) is 5.32 Å². The maximum atomic E-state index is 13.7. The highest BCUT2D eigenvalue weighted by Crippen LogP contribution is 2.34. The number of fused-ring (bicyclic) bond motifs is 1. The molecule has 9 nitrogen and oxygen atoms in total. The fourth-order valence-electron chi connectivity index (χ4n) is 3.98. The second-order valence-electron chi connectivity index (χ2n) is 8.82. The molecule has 2 amide bonds. The quantitative estimate of drug-likeness (QED) is 0.492. The topological polar surface area (TPSA) is 105 Å². The van der Waals surface area contributed by atoms with Crippen LogP contribution in [0.1, 0.15) is 37.8 Å². The first kappa shape index (κ1) is 27.3. The van der Waals surface area contributed by atoms with E-state index in [4.69, 9.17) is 9.47 Å². The molecule has 0 radical (unpaired) electrons. The van der Waals surface area contributed by atoms with E-state index >= 15 is 0 Å². The van der Waals surface area contributed by atoms with Crippen molar-refractivity contribution in [2.45, 2.75) is 46.2 Å². The second-order valence-corrected chi connectivity index (χ2v) is 10.7. The lowest BCUT2D eigenvalue weighted by Gasteiger charge is -2.33. The monoisotopic (exact) mass is 517 g/mol. The number of carbonyl (C=O) groups excluding carboxylic acids is 2. The molecular weight excluding hydrogens is 482 g/mol. The number of nitrogens with zero attached hydrogens (tertiary/aromatic N) is 2. The van der Waals surface area contributed by atoms with Crippen molar-refractivity contribution in [1.29, 1.82) is 0 Å². The zero-order valence-corrected chi connectivity index (χ0v) is 22.1. The highest BCUT2D eigenvalue weighted by Gasteiger charge is 2.32. The highest BCUT2D eigenvalue weighted by molar-refractivity contribution is 7.92. The fourth-order valence-corrected chi connectivity index (χ4v) is 4.82. The lowest BCUT2D eigenvalue weighted by atomic mass is 10.1. The number of sulfonamides is 1. The minimum atomic E-state index is -3.83. The molecule has 36 heavy (non-hydrogen) atoms. The maximum absolute atomic E-state index is 13.7. The number of rotatable bonds is 11. The summed E-state index contributed by atoms with van der Waals surface area (Å²) < 4.78 is 37.7. The summed E-state index contributed by atoms with van der Waals surface area (Å²) in [5.41, 5.74) is 2.21. The summed E-state index contributed by atoms with van der Waals surface area (Å²) in [4.78, 5) is 28.1. The summed E-state index contributed by atoms with van der Waals surface area (Å²) in [7, 11) is -3.83. The molecule has 1 heterocycles. The van der Waals surface area contributed by atoms with E-state index in [0.29, 0.717) is 37.7 Å². The van der Waals surface area contributed by atoms with Crippen LogP contribution in [0.15, 0.2) is 42.5 Å². The molecule has 0 aliphatic carbocycles. The lowest BCUT2D eigenvalue weighted by Crippen LogP contribution is -2.52. The lowest BCUT2D eigenvalue weighted by molar-refractivity contribution is -0.140. The Balaban J connectivity index is 1.93. The van der Waals surface area contributed by atoms with E-state index in [9.17, 15) is 18.0 Å². The molecule has 2 aromatic carbocycles. The zero-order valence-electron chi connectivity index (χ0n) is 21.3. The van der Waals surface area contributed by atoms with Crippen molar-refractivity contribution in [3.05, 3.63) is 53.6 Å². The molecule has 0 saturated heterocycles. The van der Waals surface area contributed by atoms with Crippen LogP contribution in [0, 0.1) is 6.92 Å². The number of nitrogens with one attached hydrogen (secondary N) is 1. The molecule has 1 atom stereocenters. The Bertz CT molecular complexity index is 1170. The molecule has 1 aliphatic heterocycles. The number of hydrogen-bond acceptors (Lipinski definition) is 6. The van der Waals surface area contributed by atoms with Gasteiger partial charge in [-0.15, -0.1) is 0 Å². The summed E-state index contributed by atoms with van der Waals surface area (Å²) in [6.07, 6.45) is 2.20. The van der Waals surface area contributed by atoms with Gasteiger partial charge in [-0.3, -0.25) is 13.9 Å². The van der Waals surface area contributed by atoms with Gasteiger partial charge in [-0.05, 0) is 37.5 Å². The average Bonchev–Trinajstić information content (AvgIpc) is 2.85. The number of aryl methyl sites for hydroxylation is 1. The van der Waals surface area contributed by atoms with Crippen molar-refractivity contribution in [2.75, 3.05) is 36.9 Å². The second kappa shape index (κ2) is 12.1. The van der Waals surface area contributed by atoms with Crippen LogP contribution < -0.4 is 19.1 Å². The summed E-state index contributed by atoms with van der Waals surface area (Å²) in [6, 6.07) is 11.7. The van der Waals surface area contributed by atoms with E-state index < -0.39 is 28.5 Å². The molecule has 1 aliphatic rings. The van der Waals surface area contributed by atoms with Gasteiger partial charge in [0.2, 0.25) is 21.8 Å². The normalized spacial score (nSPS) is 13.6. The highest BCUT2D eigenvalue weighted by atomic mass is 32.2.